The molecule has 3 atom stereocenters. The van der Waals surface area contributed by atoms with Crippen LogP contribution in [-0.4, -0.2) is 41.5 Å². The summed E-state index contributed by atoms with van der Waals surface area (Å²) in [5.74, 6) is -0.627. The first-order valence-electron chi connectivity index (χ1n) is 9.15. The zero-order chi connectivity index (χ0) is 20.4. The predicted octanol–water partition coefficient (Wildman–Crippen LogP) is 3.70. The van der Waals surface area contributed by atoms with Crippen molar-refractivity contribution in [3.63, 3.8) is 0 Å². The van der Waals surface area contributed by atoms with Crippen molar-refractivity contribution in [2.75, 3.05) is 6.61 Å². The van der Waals surface area contributed by atoms with Gasteiger partial charge in [0.25, 0.3) is 0 Å². The highest BCUT2D eigenvalue weighted by atomic mass is 16.6. The highest BCUT2D eigenvalue weighted by Gasteiger charge is 2.32. The molecule has 6 nitrogen and oxygen atoms in total. The maximum atomic E-state index is 12.5. The largest absolute Gasteiger partial charge is 0.456 e. The van der Waals surface area contributed by atoms with Gasteiger partial charge in [0, 0.05) is 0 Å². The quantitative estimate of drug-likeness (QED) is 0.533. The molecule has 0 fully saturated rings. The molecule has 6 heteroatoms. The molecule has 1 rings (SSSR count). The second kappa shape index (κ2) is 10.7. The zero-order valence-corrected chi connectivity index (χ0v) is 16.8. The summed E-state index contributed by atoms with van der Waals surface area (Å²) in [6.45, 7) is 8.68. The summed E-state index contributed by atoms with van der Waals surface area (Å²) in [6, 6.07) is 7.84. The normalized spacial score (nSPS) is 15.0. The molecule has 1 aromatic rings. The van der Waals surface area contributed by atoms with Gasteiger partial charge in [0.2, 0.25) is 0 Å². The molecular weight excluding hydrogens is 346 g/mol. The number of aliphatic hydroxyl groups is 1. The number of alkyl carbamates (subject to hydrolysis) is 1. The van der Waals surface area contributed by atoms with E-state index < -0.39 is 29.8 Å². The highest BCUT2D eigenvalue weighted by Crippen LogP contribution is 2.19. The number of allylic oxidation sites excluding steroid dienone is 2. The van der Waals surface area contributed by atoms with Crippen LogP contribution in [0.2, 0.25) is 0 Å². The fraction of sp³-hybridized carbons (Fsp3) is 0.524. The monoisotopic (exact) mass is 377 g/mol. The molecule has 0 saturated carbocycles. The van der Waals surface area contributed by atoms with Crippen molar-refractivity contribution in [3.05, 3.63) is 48.0 Å². The summed E-state index contributed by atoms with van der Waals surface area (Å²) >= 11 is 0. The van der Waals surface area contributed by atoms with Crippen molar-refractivity contribution < 1.29 is 24.2 Å². The predicted molar refractivity (Wildman–Crippen MR) is 104 cm³/mol. The molecule has 0 bridgehead atoms. The second-order valence-electron chi connectivity index (χ2n) is 7.45. The minimum Gasteiger partial charge on any atom is -0.456 e. The van der Waals surface area contributed by atoms with Gasteiger partial charge in [-0.2, -0.15) is 0 Å². The maximum absolute atomic E-state index is 12.5. The van der Waals surface area contributed by atoms with E-state index in [1.807, 2.05) is 32.1 Å². The number of carbonyl (C=O) groups excluding carboxylic acids is 2. The Bertz CT molecular complexity index is 621. The second-order valence-corrected chi connectivity index (χ2v) is 7.45. The van der Waals surface area contributed by atoms with Crippen LogP contribution in [0, 0.1) is 5.92 Å². The van der Waals surface area contributed by atoms with Gasteiger partial charge in [0.15, 0.2) is 0 Å². The van der Waals surface area contributed by atoms with Gasteiger partial charge in [-0.15, -0.1) is 0 Å². The van der Waals surface area contributed by atoms with E-state index in [4.69, 9.17) is 9.47 Å². The topological polar surface area (TPSA) is 84.9 Å². The number of rotatable bonds is 8. The lowest BCUT2D eigenvalue weighted by Crippen LogP contribution is -2.51. The van der Waals surface area contributed by atoms with Crippen LogP contribution in [0.15, 0.2) is 42.5 Å². The standard InChI is InChI=1S/C21H31NO5/c1-6-7-11-15(2)18(26-19(24)16-12-9-8-10-13-16)17(14-23)22-20(25)27-21(3,4)5/h6-10,12-13,15,17-18,23H,11,14H2,1-5H3,(H,22,25)/b7-6+/t15-,17-,18-/m1/s1. The van der Waals surface area contributed by atoms with Gasteiger partial charge < -0.3 is 19.9 Å². The van der Waals surface area contributed by atoms with E-state index in [-0.39, 0.29) is 12.5 Å². The first kappa shape index (κ1) is 22.7. The van der Waals surface area contributed by atoms with Crippen molar-refractivity contribution in [1.29, 1.82) is 0 Å². The first-order valence-corrected chi connectivity index (χ1v) is 9.15. The van der Waals surface area contributed by atoms with E-state index in [1.54, 1.807) is 45.0 Å². The van der Waals surface area contributed by atoms with E-state index in [2.05, 4.69) is 5.32 Å². The van der Waals surface area contributed by atoms with Crippen LogP contribution in [-0.2, 0) is 9.47 Å². The molecule has 27 heavy (non-hydrogen) atoms. The van der Waals surface area contributed by atoms with Crippen LogP contribution in [0.5, 0.6) is 0 Å². The molecular formula is C21H31NO5. The van der Waals surface area contributed by atoms with Gasteiger partial charge in [0.05, 0.1) is 18.2 Å². The molecule has 0 spiro atoms. The third kappa shape index (κ3) is 8.26. The molecule has 1 aromatic carbocycles. The maximum Gasteiger partial charge on any atom is 0.408 e. The third-order valence-electron chi connectivity index (χ3n) is 3.85. The van der Waals surface area contributed by atoms with Crippen LogP contribution < -0.4 is 5.32 Å². The van der Waals surface area contributed by atoms with Gasteiger partial charge in [-0.25, -0.2) is 9.59 Å². The van der Waals surface area contributed by atoms with Gasteiger partial charge in [-0.3, -0.25) is 0 Å². The highest BCUT2D eigenvalue weighted by molar-refractivity contribution is 5.89. The number of amides is 1. The van der Waals surface area contributed by atoms with E-state index in [1.165, 1.54) is 0 Å². The lowest BCUT2D eigenvalue weighted by atomic mass is 9.94. The Morgan fingerprint density at radius 2 is 1.85 bits per heavy atom. The summed E-state index contributed by atoms with van der Waals surface area (Å²) in [5.41, 5.74) is -0.258. The Morgan fingerprint density at radius 1 is 1.22 bits per heavy atom. The fourth-order valence-corrected chi connectivity index (χ4v) is 2.54. The number of nitrogens with one attached hydrogen (secondary N) is 1. The Hall–Kier alpha value is -2.34. The fourth-order valence-electron chi connectivity index (χ4n) is 2.54. The Morgan fingerprint density at radius 3 is 2.37 bits per heavy atom. The molecule has 0 radical (unpaired) electrons. The lowest BCUT2D eigenvalue weighted by Gasteiger charge is -2.31. The van der Waals surface area contributed by atoms with Crippen molar-refractivity contribution in [2.45, 2.75) is 58.8 Å². The Balaban J connectivity index is 2.96. The van der Waals surface area contributed by atoms with E-state index in [9.17, 15) is 14.7 Å². The molecule has 0 unspecified atom stereocenters. The average molecular weight is 377 g/mol. The molecule has 0 aliphatic rings. The van der Waals surface area contributed by atoms with Gasteiger partial charge in [-0.05, 0) is 52.2 Å². The summed E-state index contributed by atoms with van der Waals surface area (Å²) < 4.78 is 10.9. The van der Waals surface area contributed by atoms with Gasteiger partial charge in [-0.1, -0.05) is 37.3 Å². The molecule has 0 aromatic heterocycles. The Labute approximate surface area is 161 Å². The first-order chi connectivity index (χ1) is 12.7. The number of esters is 1. The van der Waals surface area contributed by atoms with Crippen LogP contribution in [0.4, 0.5) is 4.79 Å². The van der Waals surface area contributed by atoms with E-state index in [0.717, 1.165) is 0 Å². The summed E-state index contributed by atoms with van der Waals surface area (Å²) in [5, 5.41) is 12.4. The minimum absolute atomic E-state index is 0.124. The van der Waals surface area contributed by atoms with E-state index in [0.29, 0.717) is 12.0 Å². The van der Waals surface area contributed by atoms with Crippen LogP contribution >= 0.6 is 0 Å². The number of benzene rings is 1. The van der Waals surface area contributed by atoms with Gasteiger partial charge >= 0.3 is 12.1 Å². The Kier molecular flexibility index (Phi) is 9.02. The van der Waals surface area contributed by atoms with Crippen LogP contribution in [0.25, 0.3) is 0 Å². The molecule has 1 amide bonds. The molecule has 150 valence electrons. The van der Waals surface area contributed by atoms with Crippen molar-refractivity contribution in [1.82, 2.24) is 5.32 Å². The van der Waals surface area contributed by atoms with Gasteiger partial charge in [0.1, 0.15) is 11.7 Å². The SMILES string of the molecule is C/C=C/C[C@@H](C)[C@@H](OC(=O)c1ccccc1)[C@@H](CO)NC(=O)OC(C)(C)C. The smallest absolute Gasteiger partial charge is 0.408 e. The van der Waals surface area contributed by atoms with Crippen molar-refractivity contribution in [2.24, 2.45) is 5.92 Å². The molecule has 2 N–H and O–H groups in total. The van der Waals surface area contributed by atoms with Crippen LogP contribution in [0.1, 0.15) is 51.4 Å². The third-order valence-corrected chi connectivity index (χ3v) is 3.85. The number of aliphatic hydroxyl groups excluding tert-OH is 1. The summed E-state index contributed by atoms with van der Waals surface area (Å²) in [6.07, 6.45) is 3.11. The number of hydrogen-bond donors (Lipinski definition) is 2. The molecule has 0 saturated heterocycles. The van der Waals surface area contributed by atoms with Crippen LogP contribution in [0.3, 0.4) is 0 Å². The molecule has 0 heterocycles. The molecule has 0 aliphatic heterocycles. The lowest BCUT2D eigenvalue weighted by molar-refractivity contribution is -0.00985. The minimum atomic E-state index is -0.784. The van der Waals surface area contributed by atoms with Crippen molar-refractivity contribution >= 4 is 12.1 Å². The summed E-state index contributed by atoms with van der Waals surface area (Å²) in [7, 11) is 0. The summed E-state index contributed by atoms with van der Waals surface area (Å²) in [4.78, 5) is 24.6. The number of ether oxygens (including phenoxy) is 2. The number of carbonyl (C=O) groups is 2. The zero-order valence-electron chi connectivity index (χ0n) is 16.8. The van der Waals surface area contributed by atoms with E-state index >= 15 is 0 Å². The van der Waals surface area contributed by atoms with Crippen molar-refractivity contribution in [3.8, 4) is 0 Å². The number of hydrogen-bond acceptors (Lipinski definition) is 5. The molecule has 0 aliphatic carbocycles. The average Bonchev–Trinajstić information content (AvgIpc) is 2.61.